The van der Waals surface area contributed by atoms with Crippen molar-refractivity contribution >= 4 is 51.1 Å². The summed E-state index contributed by atoms with van der Waals surface area (Å²) in [4.78, 5) is 14.3. The Labute approximate surface area is 185 Å². The third kappa shape index (κ3) is 3.85. The van der Waals surface area contributed by atoms with Crippen molar-refractivity contribution in [3.05, 3.63) is 46.4 Å². The minimum absolute atomic E-state index is 0.224. The second-order valence-corrected chi connectivity index (χ2v) is 9.67. The van der Waals surface area contributed by atoms with Gasteiger partial charge in [-0.3, -0.25) is 0 Å². The number of aliphatic hydroxyl groups excluding tert-OH is 1. The maximum Gasteiger partial charge on any atom is 0.410 e. The van der Waals surface area contributed by atoms with Crippen LogP contribution in [0.2, 0.25) is 10.0 Å². The lowest BCUT2D eigenvalue weighted by molar-refractivity contribution is -0.0120. The minimum atomic E-state index is -0.839. The SMILES string of the molecule is CC(C)(C)OC(=O)N1C[C@H](N)[C@H](O)[C@@H](n2c3ccc(Cl)cc3c3cc(Cl)ccc32)C1. The van der Waals surface area contributed by atoms with Gasteiger partial charge in [0.05, 0.1) is 18.2 Å². The van der Waals surface area contributed by atoms with Gasteiger partial charge in [0, 0.05) is 44.9 Å². The number of halogens is 2. The van der Waals surface area contributed by atoms with Gasteiger partial charge in [-0.2, -0.15) is 0 Å². The summed E-state index contributed by atoms with van der Waals surface area (Å²) in [6, 6.07) is 10.1. The molecule has 3 aromatic rings. The van der Waals surface area contributed by atoms with Crippen LogP contribution in [0.15, 0.2) is 36.4 Å². The molecular weight excluding hydrogens is 425 g/mol. The Hall–Kier alpha value is -1.99. The van der Waals surface area contributed by atoms with E-state index in [0.717, 1.165) is 21.8 Å². The third-order valence-electron chi connectivity index (χ3n) is 5.38. The summed E-state index contributed by atoms with van der Waals surface area (Å²) >= 11 is 12.5. The highest BCUT2D eigenvalue weighted by Gasteiger charge is 2.39. The Morgan fingerprint density at radius 3 is 2.10 bits per heavy atom. The van der Waals surface area contributed by atoms with Crippen molar-refractivity contribution in [1.29, 1.82) is 0 Å². The first-order chi connectivity index (χ1) is 14.0. The zero-order valence-electron chi connectivity index (χ0n) is 17.1. The number of carbonyl (C=O) groups excluding carboxylic acids is 1. The van der Waals surface area contributed by atoms with E-state index >= 15 is 0 Å². The zero-order chi connectivity index (χ0) is 21.8. The Kier molecular flexibility index (Phi) is 5.39. The maximum atomic E-state index is 12.7. The molecule has 1 saturated heterocycles. The molecule has 1 amide bonds. The van der Waals surface area contributed by atoms with Crippen LogP contribution in [0.3, 0.4) is 0 Å². The number of hydrogen-bond donors (Lipinski definition) is 2. The Morgan fingerprint density at radius 2 is 1.60 bits per heavy atom. The quantitative estimate of drug-likeness (QED) is 0.569. The van der Waals surface area contributed by atoms with Gasteiger partial charge in [0.1, 0.15) is 5.60 Å². The summed E-state index contributed by atoms with van der Waals surface area (Å²) in [5.41, 5.74) is 7.41. The lowest BCUT2D eigenvalue weighted by Gasteiger charge is -2.41. The highest BCUT2D eigenvalue weighted by atomic mass is 35.5. The number of amides is 1. The summed E-state index contributed by atoms with van der Waals surface area (Å²) in [7, 11) is 0. The van der Waals surface area contributed by atoms with Crippen LogP contribution in [0.5, 0.6) is 0 Å². The fourth-order valence-corrected chi connectivity index (χ4v) is 4.47. The molecule has 30 heavy (non-hydrogen) atoms. The fraction of sp³-hybridized carbons (Fsp3) is 0.409. The van der Waals surface area contributed by atoms with Gasteiger partial charge >= 0.3 is 6.09 Å². The number of rotatable bonds is 1. The summed E-state index contributed by atoms with van der Waals surface area (Å²) in [6.45, 7) is 5.96. The smallest absolute Gasteiger partial charge is 0.410 e. The van der Waals surface area contributed by atoms with E-state index in [1.807, 2.05) is 61.7 Å². The highest BCUT2D eigenvalue weighted by molar-refractivity contribution is 6.33. The zero-order valence-corrected chi connectivity index (χ0v) is 18.6. The molecular formula is C22H25Cl2N3O3. The van der Waals surface area contributed by atoms with E-state index in [0.29, 0.717) is 10.0 Å². The molecule has 1 aliphatic rings. The van der Waals surface area contributed by atoms with Crippen molar-refractivity contribution in [1.82, 2.24) is 9.47 Å². The van der Waals surface area contributed by atoms with E-state index in [-0.39, 0.29) is 13.1 Å². The number of likely N-dealkylation sites (tertiary alicyclic amines) is 1. The number of aromatic nitrogens is 1. The molecule has 160 valence electrons. The fourth-order valence-electron chi connectivity index (χ4n) is 4.12. The summed E-state index contributed by atoms with van der Waals surface area (Å²) in [5.74, 6) is 0. The first-order valence-corrected chi connectivity index (χ1v) is 10.6. The van der Waals surface area contributed by atoms with Gasteiger partial charge in [0.15, 0.2) is 0 Å². The maximum absolute atomic E-state index is 12.7. The molecule has 0 saturated carbocycles. The molecule has 4 rings (SSSR count). The molecule has 8 heteroatoms. The van der Waals surface area contributed by atoms with Crippen LogP contribution >= 0.6 is 23.2 Å². The number of nitrogens with two attached hydrogens (primary N) is 1. The first kappa shape index (κ1) is 21.2. The van der Waals surface area contributed by atoms with Crippen molar-refractivity contribution in [2.24, 2.45) is 5.73 Å². The summed E-state index contributed by atoms with van der Waals surface area (Å²) < 4.78 is 7.56. The molecule has 0 spiro atoms. The van der Waals surface area contributed by atoms with Crippen LogP contribution in [0.25, 0.3) is 21.8 Å². The number of hydrogen-bond acceptors (Lipinski definition) is 4. The molecule has 0 radical (unpaired) electrons. The van der Waals surface area contributed by atoms with Crippen LogP contribution in [0, 0.1) is 0 Å². The second-order valence-electron chi connectivity index (χ2n) is 8.80. The van der Waals surface area contributed by atoms with E-state index in [1.54, 1.807) is 4.90 Å². The average molecular weight is 450 g/mol. The molecule has 3 atom stereocenters. The number of piperidine rings is 1. The number of aliphatic hydroxyl groups is 1. The van der Waals surface area contributed by atoms with E-state index in [1.165, 1.54) is 0 Å². The van der Waals surface area contributed by atoms with E-state index in [4.69, 9.17) is 33.7 Å². The van der Waals surface area contributed by atoms with Crippen molar-refractivity contribution < 1.29 is 14.6 Å². The highest BCUT2D eigenvalue weighted by Crippen LogP contribution is 2.37. The van der Waals surface area contributed by atoms with Gasteiger partial charge in [-0.1, -0.05) is 23.2 Å². The van der Waals surface area contributed by atoms with Crippen LogP contribution in [0.1, 0.15) is 26.8 Å². The van der Waals surface area contributed by atoms with E-state index in [9.17, 15) is 9.90 Å². The summed E-state index contributed by atoms with van der Waals surface area (Å²) in [5, 5.41) is 14.1. The van der Waals surface area contributed by atoms with Crippen molar-refractivity contribution in [3.63, 3.8) is 0 Å². The predicted molar refractivity (Wildman–Crippen MR) is 120 cm³/mol. The van der Waals surface area contributed by atoms with Gasteiger partial charge in [0.2, 0.25) is 0 Å². The molecule has 1 fully saturated rings. The molecule has 1 aromatic heterocycles. The normalized spacial score (nSPS) is 22.6. The minimum Gasteiger partial charge on any atom is -0.444 e. The lowest BCUT2D eigenvalue weighted by Crippen LogP contribution is -2.58. The van der Waals surface area contributed by atoms with Crippen LogP contribution < -0.4 is 5.73 Å². The van der Waals surface area contributed by atoms with Crippen LogP contribution in [-0.4, -0.2) is 51.5 Å². The topological polar surface area (TPSA) is 80.7 Å². The number of ether oxygens (including phenoxy) is 1. The molecule has 0 unspecified atom stereocenters. The number of fused-ring (bicyclic) bond motifs is 3. The Morgan fingerprint density at radius 1 is 1.07 bits per heavy atom. The monoisotopic (exact) mass is 449 g/mol. The van der Waals surface area contributed by atoms with Crippen molar-refractivity contribution in [3.8, 4) is 0 Å². The second kappa shape index (κ2) is 7.61. The molecule has 2 aromatic carbocycles. The van der Waals surface area contributed by atoms with E-state index in [2.05, 4.69) is 0 Å². The largest absolute Gasteiger partial charge is 0.444 e. The third-order valence-corrected chi connectivity index (χ3v) is 5.85. The van der Waals surface area contributed by atoms with Crippen LogP contribution in [-0.2, 0) is 4.74 Å². The predicted octanol–water partition coefficient (Wildman–Crippen LogP) is 4.58. The molecule has 0 bridgehead atoms. The van der Waals surface area contributed by atoms with Crippen LogP contribution in [0.4, 0.5) is 4.79 Å². The molecule has 1 aliphatic heterocycles. The molecule has 6 nitrogen and oxygen atoms in total. The van der Waals surface area contributed by atoms with Crippen molar-refractivity contribution in [2.75, 3.05) is 13.1 Å². The Bertz CT molecular complexity index is 1060. The standard InChI is InChI=1S/C22H25Cl2N3O3/c1-22(2,3)30-21(29)26-10-16(25)20(28)19(11-26)27-17-6-4-12(23)8-14(17)15-9-13(24)5-7-18(15)27/h4-9,16,19-20,28H,10-11,25H2,1-3H3/t16-,19-,20-/m0/s1. The molecule has 2 heterocycles. The van der Waals surface area contributed by atoms with Gasteiger partial charge in [-0.05, 0) is 57.2 Å². The van der Waals surface area contributed by atoms with Gasteiger partial charge in [-0.15, -0.1) is 0 Å². The lowest BCUT2D eigenvalue weighted by atomic mass is 9.97. The van der Waals surface area contributed by atoms with E-state index < -0.39 is 29.9 Å². The molecule has 0 aliphatic carbocycles. The Balaban J connectivity index is 1.84. The van der Waals surface area contributed by atoms with Gasteiger partial charge < -0.3 is 25.0 Å². The summed E-state index contributed by atoms with van der Waals surface area (Å²) in [6.07, 6.45) is -1.28. The number of carbonyl (C=O) groups is 1. The van der Waals surface area contributed by atoms with Gasteiger partial charge in [-0.25, -0.2) is 4.79 Å². The van der Waals surface area contributed by atoms with Crippen molar-refractivity contribution in [2.45, 2.75) is 44.6 Å². The first-order valence-electron chi connectivity index (χ1n) is 9.85. The molecule has 3 N–H and O–H groups in total. The number of nitrogens with zero attached hydrogens (tertiary/aromatic N) is 2. The van der Waals surface area contributed by atoms with Gasteiger partial charge in [0.25, 0.3) is 0 Å². The number of benzene rings is 2. The average Bonchev–Trinajstić information content (AvgIpc) is 2.95.